The summed E-state index contributed by atoms with van der Waals surface area (Å²) in [5, 5.41) is 0. The molecule has 17 heavy (non-hydrogen) atoms. The summed E-state index contributed by atoms with van der Waals surface area (Å²) in [7, 11) is 0. The van der Waals surface area contributed by atoms with Gasteiger partial charge in [0.1, 0.15) is 11.5 Å². The van der Waals surface area contributed by atoms with Crippen LogP contribution in [0.3, 0.4) is 0 Å². The Morgan fingerprint density at radius 3 is 2.41 bits per heavy atom. The number of hydrogen-bond donors (Lipinski definition) is 0. The predicted molar refractivity (Wildman–Crippen MR) is 59.0 cm³/mol. The lowest BCUT2D eigenvalue weighted by molar-refractivity contribution is -0.274. The van der Waals surface area contributed by atoms with Crippen molar-refractivity contribution in [2.45, 2.75) is 26.3 Å². The highest BCUT2D eigenvalue weighted by Gasteiger charge is 2.31. The Kier molecular flexibility index (Phi) is 4.04. The molecule has 0 saturated heterocycles. The highest BCUT2D eigenvalue weighted by Crippen LogP contribution is 2.29. The second-order valence-corrected chi connectivity index (χ2v) is 3.62. The van der Waals surface area contributed by atoms with E-state index in [-0.39, 0.29) is 11.9 Å². The molecule has 1 aromatic rings. The Balaban J connectivity index is 2.96. The van der Waals surface area contributed by atoms with Crippen LogP contribution in [0.15, 0.2) is 24.8 Å². The average Bonchev–Trinajstić information content (AvgIpc) is 2.17. The molecule has 0 amide bonds. The van der Waals surface area contributed by atoms with Crippen molar-refractivity contribution in [2.24, 2.45) is 0 Å². The fraction of sp³-hybridized carbons (Fsp3) is 0.333. The Morgan fingerprint density at radius 1 is 1.29 bits per heavy atom. The highest BCUT2D eigenvalue weighted by molar-refractivity contribution is 5.58. The second-order valence-electron chi connectivity index (χ2n) is 3.62. The molecule has 0 atom stereocenters. The van der Waals surface area contributed by atoms with Crippen LogP contribution in [0.1, 0.15) is 19.4 Å². The normalized spacial score (nSPS) is 11.4. The van der Waals surface area contributed by atoms with Crippen molar-refractivity contribution in [1.82, 2.24) is 0 Å². The van der Waals surface area contributed by atoms with Gasteiger partial charge in [0.2, 0.25) is 0 Å². The van der Waals surface area contributed by atoms with E-state index in [1.807, 2.05) is 13.8 Å². The monoisotopic (exact) mass is 246 g/mol. The number of ether oxygens (including phenoxy) is 2. The summed E-state index contributed by atoms with van der Waals surface area (Å²) < 4.78 is 45.2. The molecule has 2 nitrogen and oxygen atoms in total. The van der Waals surface area contributed by atoms with E-state index in [1.165, 1.54) is 24.3 Å². The van der Waals surface area contributed by atoms with E-state index in [4.69, 9.17) is 4.74 Å². The fourth-order valence-electron chi connectivity index (χ4n) is 1.24. The maximum absolute atomic E-state index is 12.0. The Bertz CT molecular complexity index is 397. The molecule has 0 bridgehead atoms. The molecule has 1 rings (SSSR count). The van der Waals surface area contributed by atoms with E-state index in [1.54, 1.807) is 0 Å². The Morgan fingerprint density at radius 2 is 1.94 bits per heavy atom. The summed E-state index contributed by atoms with van der Waals surface area (Å²) in [6, 6.07) is 3.87. The molecule has 5 heteroatoms. The smallest absolute Gasteiger partial charge is 0.490 e. The summed E-state index contributed by atoms with van der Waals surface area (Å²) in [5.74, 6) is 0.188. The first kappa shape index (κ1) is 13.4. The van der Waals surface area contributed by atoms with Gasteiger partial charge in [-0.2, -0.15) is 0 Å². The topological polar surface area (TPSA) is 18.5 Å². The van der Waals surface area contributed by atoms with Crippen molar-refractivity contribution in [3.8, 4) is 11.5 Å². The fourth-order valence-corrected chi connectivity index (χ4v) is 1.24. The van der Waals surface area contributed by atoms with Crippen molar-refractivity contribution in [1.29, 1.82) is 0 Å². The molecule has 0 aliphatic rings. The lowest BCUT2D eigenvalue weighted by Gasteiger charge is -2.14. The van der Waals surface area contributed by atoms with Gasteiger partial charge in [-0.05, 0) is 32.0 Å². The molecule has 94 valence electrons. The van der Waals surface area contributed by atoms with Gasteiger partial charge >= 0.3 is 6.36 Å². The van der Waals surface area contributed by atoms with Crippen LogP contribution in [-0.2, 0) is 0 Å². The molecular weight excluding hydrogens is 233 g/mol. The van der Waals surface area contributed by atoms with Gasteiger partial charge < -0.3 is 9.47 Å². The lowest BCUT2D eigenvalue weighted by atomic mass is 10.2. The molecule has 0 fully saturated rings. The zero-order valence-electron chi connectivity index (χ0n) is 9.54. The lowest BCUT2D eigenvalue weighted by Crippen LogP contribution is -2.17. The van der Waals surface area contributed by atoms with Gasteiger partial charge in [-0.3, -0.25) is 0 Å². The zero-order chi connectivity index (χ0) is 13.1. The minimum Gasteiger partial charge on any atom is -0.490 e. The SMILES string of the molecule is C=Cc1cc(OC(F)(F)F)ccc1OC(C)C. The second kappa shape index (κ2) is 5.12. The van der Waals surface area contributed by atoms with Crippen LogP contribution in [0.4, 0.5) is 13.2 Å². The van der Waals surface area contributed by atoms with E-state index in [0.29, 0.717) is 11.3 Å². The summed E-state index contributed by atoms with van der Waals surface area (Å²) in [4.78, 5) is 0. The average molecular weight is 246 g/mol. The molecule has 0 aliphatic carbocycles. The van der Waals surface area contributed by atoms with Crippen molar-refractivity contribution < 1.29 is 22.6 Å². The van der Waals surface area contributed by atoms with Crippen molar-refractivity contribution >= 4 is 6.08 Å². The van der Waals surface area contributed by atoms with Crippen LogP contribution in [-0.4, -0.2) is 12.5 Å². The molecular formula is C12H13F3O2. The Labute approximate surface area is 97.7 Å². The van der Waals surface area contributed by atoms with E-state index in [2.05, 4.69) is 11.3 Å². The highest BCUT2D eigenvalue weighted by atomic mass is 19.4. The number of rotatable bonds is 4. The van der Waals surface area contributed by atoms with E-state index >= 15 is 0 Å². The quantitative estimate of drug-likeness (QED) is 0.799. The molecule has 1 aromatic carbocycles. The third kappa shape index (κ3) is 4.38. The molecule has 0 heterocycles. The van der Waals surface area contributed by atoms with E-state index in [0.717, 1.165) is 0 Å². The first-order valence-electron chi connectivity index (χ1n) is 5.00. The van der Waals surface area contributed by atoms with Gasteiger partial charge in [0.25, 0.3) is 0 Å². The van der Waals surface area contributed by atoms with Crippen molar-refractivity contribution in [3.05, 3.63) is 30.3 Å². The predicted octanol–water partition coefficient (Wildman–Crippen LogP) is 4.02. The van der Waals surface area contributed by atoms with Gasteiger partial charge in [0.05, 0.1) is 6.10 Å². The Hall–Kier alpha value is -1.65. The van der Waals surface area contributed by atoms with Crippen molar-refractivity contribution in [2.75, 3.05) is 0 Å². The van der Waals surface area contributed by atoms with Gasteiger partial charge in [-0.1, -0.05) is 12.7 Å². The van der Waals surface area contributed by atoms with Gasteiger partial charge in [0, 0.05) is 5.56 Å². The number of halogens is 3. The van der Waals surface area contributed by atoms with E-state index < -0.39 is 6.36 Å². The van der Waals surface area contributed by atoms with Crippen LogP contribution < -0.4 is 9.47 Å². The minimum absolute atomic E-state index is 0.0666. The largest absolute Gasteiger partial charge is 0.573 e. The van der Waals surface area contributed by atoms with E-state index in [9.17, 15) is 13.2 Å². The molecule has 0 spiro atoms. The third-order valence-corrected chi connectivity index (χ3v) is 1.80. The van der Waals surface area contributed by atoms with Crippen LogP contribution in [0, 0.1) is 0 Å². The van der Waals surface area contributed by atoms with Crippen molar-refractivity contribution in [3.63, 3.8) is 0 Å². The number of hydrogen-bond acceptors (Lipinski definition) is 2. The molecule has 0 saturated carbocycles. The molecule has 0 aromatic heterocycles. The van der Waals surface area contributed by atoms with Crippen LogP contribution >= 0.6 is 0 Å². The maximum Gasteiger partial charge on any atom is 0.573 e. The van der Waals surface area contributed by atoms with Gasteiger partial charge in [0.15, 0.2) is 0 Å². The van der Waals surface area contributed by atoms with Crippen LogP contribution in [0.2, 0.25) is 0 Å². The summed E-state index contributed by atoms with van der Waals surface area (Å²) in [6.45, 7) is 7.17. The molecule has 0 N–H and O–H groups in total. The third-order valence-electron chi connectivity index (χ3n) is 1.80. The summed E-state index contributed by atoms with van der Waals surface area (Å²) in [6.07, 6.45) is -3.34. The van der Waals surface area contributed by atoms with Gasteiger partial charge in [-0.25, -0.2) is 0 Å². The summed E-state index contributed by atoms with van der Waals surface area (Å²) in [5.41, 5.74) is 0.459. The van der Waals surface area contributed by atoms with Gasteiger partial charge in [-0.15, -0.1) is 13.2 Å². The standard InChI is InChI=1S/C12H13F3O2/c1-4-9-7-10(17-12(13,14)15)5-6-11(9)16-8(2)3/h4-8H,1H2,2-3H3. The number of benzene rings is 1. The minimum atomic E-state index is -4.70. The summed E-state index contributed by atoms with van der Waals surface area (Å²) >= 11 is 0. The maximum atomic E-state index is 12.0. The zero-order valence-corrected chi connectivity index (χ0v) is 9.54. The molecule has 0 radical (unpaired) electrons. The van der Waals surface area contributed by atoms with Crippen LogP contribution in [0.5, 0.6) is 11.5 Å². The number of alkyl halides is 3. The first-order chi connectivity index (χ1) is 7.81. The molecule has 0 unspecified atom stereocenters. The van der Waals surface area contributed by atoms with Crippen LogP contribution in [0.25, 0.3) is 6.08 Å². The molecule has 0 aliphatic heterocycles. The first-order valence-corrected chi connectivity index (χ1v) is 5.00.